The molecule has 2 heterocycles. The number of aromatic amines is 1. The van der Waals surface area contributed by atoms with Crippen LogP contribution in [0.15, 0.2) is 64.8 Å². The Kier molecular flexibility index (Phi) is 8.05. The van der Waals surface area contributed by atoms with E-state index in [0.29, 0.717) is 18.2 Å². The van der Waals surface area contributed by atoms with E-state index >= 15 is 0 Å². The summed E-state index contributed by atoms with van der Waals surface area (Å²) in [5.74, 6) is -0.0881. The number of carbonyl (C=O) groups excluding carboxylic acids is 1. The SMILES string of the molecule is C=C/C=C\C(=C/C)CN1CC(C)C(c2nnc(CNC(=O)C3=C(F)CCC=C3)c(=O)[nH]2)C1. The van der Waals surface area contributed by atoms with Crippen LogP contribution in [0.1, 0.15) is 44.1 Å². The van der Waals surface area contributed by atoms with Crippen molar-refractivity contribution < 1.29 is 9.18 Å². The van der Waals surface area contributed by atoms with Gasteiger partial charge in [0.2, 0.25) is 0 Å². The first-order valence-electron chi connectivity index (χ1n) is 10.9. The van der Waals surface area contributed by atoms with Gasteiger partial charge < -0.3 is 10.3 Å². The predicted molar refractivity (Wildman–Crippen MR) is 122 cm³/mol. The van der Waals surface area contributed by atoms with Crippen molar-refractivity contribution in [1.29, 1.82) is 0 Å². The Bertz CT molecular complexity index is 1040. The molecule has 32 heavy (non-hydrogen) atoms. The van der Waals surface area contributed by atoms with Gasteiger partial charge in [0.1, 0.15) is 17.3 Å². The van der Waals surface area contributed by atoms with E-state index in [2.05, 4.69) is 45.0 Å². The summed E-state index contributed by atoms with van der Waals surface area (Å²) in [5, 5.41) is 10.8. The number of rotatable bonds is 8. The molecule has 0 radical (unpaired) electrons. The maximum atomic E-state index is 13.8. The number of hydrogen-bond acceptors (Lipinski definition) is 5. The molecule has 170 valence electrons. The number of nitrogens with zero attached hydrogens (tertiary/aromatic N) is 3. The van der Waals surface area contributed by atoms with Crippen LogP contribution >= 0.6 is 0 Å². The van der Waals surface area contributed by atoms with Gasteiger partial charge in [-0.25, -0.2) is 4.39 Å². The third-order valence-electron chi connectivity index (χ3n) is 5.81. The van der Waals surface area contributed by atoms with Gasteiger partial charge in [-0.15, -0.1) is 10.2 Å². The number of allylic oxidation sites excluding steroid dienone is 5. The van der Waals surface area contributed by atoms with E-state index in [9.17, 15) is 14.0 Å². The van der Waals surface area contributed by atoms with Crippen LogP contribution in [0.3, 0.4) is 0 Å². The van der Waals surface area contributed by atoms with E-state index in [0.717, 1.165) is 19.6 Å². The van der Waals surface area contributed by atoms with Gasteiger partial charge in [-0.2, -0.15) is 0 Å². The second kappa shape index (κ2) is 10.9. The van der Waals surface area contributed by atoms with Crippen LogP contribution in [0.5, 0.6) is 0 Å². The van der Waals surface area contributed by atoms with Crippen molar-refractivity contribution in [1.82, 2.24) is 25.4 Å². The van der Waals surface area contributed by atoms with Crippen LogP contribution in [0.4, 0.5) is 4.39 Å². The number of amides is 1. The monoisotopic (exact) mass is 439 g/mol. The van der Waals surface area contributed by atoms with E-state index in [4.69, 9.17) is 0 Å². The van der Waals surface area contributed by atoms with E-state index in [1.807, 2.05) is 19.1 Å². The van der Waals surface area contributed by atoms with Gasteiger partial charge in [0, 0.05) is 32.0 Å². The van der Waals surface area contributed by atoms with Crippen LogP contribution in [0.2, 0.25) is 0 Å². The Morgan fingerprint density at radius 1 is 1.41 bits per heavy atom. The zero-order valence-corrected chi connectivity index (χ0v) is 18.6. The van der Waals surface area contributed by atoms with Gasteiger partial charge >= 0.3 is 0 Å². The molecular weight excluding hydrogens is 409 g/mol. The number of H-pyrrole nitrogens is 1. The molecule has 0 spiro atoms. The van der Waals surface area contributed by atoms with E-state index < -0.39 is 17.3 Å². The summed E-state index contributed by atoms with van der Waals surface area (Å²) in [4.78, 5) is 29.9. The number of carbonyl (C=O) groups is 1. The van der Waals surface area contributed by atoms with Gasteiger partial charge in [-0.05, 0) is 24.8 Å². The fraction of sp³-hybridized carbons (Fsp3) is 0.417. The van der Waals surface area contributed by atoms with Gasteiger partial charge in [-0.1, -0.05) is 50.0 Å². The molecule has 1 aliphatic carbocycles. The summed E-state index contributed by atoms with van der Waals surface area (Å²) < 4.78 is 13.8. The molecule has 2 unspecified atom stereocenters. The zero-order valence-electron chi connectivity index (χ0n) is 18.6. The molecule has 1 aromatic heterocycles. The van der Waals surface area contributed by atoms with Crippen molar-refractivity contribution in [2.75, 3.05) is 19.6 Å². The van der Waals surface area contributed by atoms with Gasteiger partial charge in [0.15, 0.2) is 0 Å². The summed E-state index contributed by atoms with van der Waals surface area (Å²) in [6.45, 7) is 10.2. The Morgan fingerprint density at radius 2 is 2.22 bits per heavy atom. The van der Waals surface area contributed by atoms with Gasteiger partial charge in [-0.3, -0.25) is 14.5 Å². The van der Waals surface area contributed by atoms with Crippen molar-refractivity contribution in [2.24, 2.45) is 5.92 Å². The molecule has 1 fully saturated rings. The highest BCUT2D eigenvalue weighted by Gasteiger charge is 2.33. The molecule has 8 heteroatoms. The van der Waals surface area contributed by atoms with Crippen molar-refractivity contribution in [3.8, 4) is 0 Å². The largest absolute Gasteiger partial charge is 0.346 e. The summed E-state index contributed by atoms with van der Waals surface area (Å²) in [5.41, 5.74) is 0.900. The lowest BCUT2D eigenvalue weighted by molar-refractivity contribution is -0.117. The molecule has 0 bridgehead atoms. The lowest BCUT2D eigenvalue weighted by Gasteiger charge is -2.16. The standard InChI is InChI=1S/C24H30FN5O2/c1-4-6-9-17(5-2)14-30-13-16(3)19(15-30)22-27-24(32)21(28-29-22)12-26-23(31)18-10-7-8-11-20(18)25/h4-7,9-10,16,19H,1,8,11-15H2,2-3H3,(H,26,31)(H,27,29,32)/b9-6-,17-5+. The number of likely N-dealkylation sites (tertiary alicyclic amines) is 1. The third-order valence-corrected chi connectivity index (χ3v) is 5.81. The van der Waals surface area contributed by atoms with Crippen LogP contribution in [-0.2, 0) is 11.3 Å². The van der Waals surface area contributed by atoms with E-state index in [1.54, 1.807) is 12.2 Å². The Hall–Kier alpha value is -3.13. The molecule has 2 N–H and O–H groups in total. The molecule has 2 atom stereocenters. The van der Waals surface area contributed by atoms with Crippen LogP contribution in [0, 0.1) is 5.92 Å². The minimum Gasteiger partial charge on any atom is -0.346 e. The molecule has 1 aliphatic heterocycles. The Balaban J connectivity index is 1.63. The average Bonchev–Trinajstić information content (AvgIpc) is 3.15. The second-order valence-electron chi connectivity index (χ2n) is 8.16. The quantitative estimate of drug-likeness (QED) is 0.608. The highest BCUT2D eigenvalue weighted by atomic mass is 19.1. The molecular formula is C24H30FN5O2. The summed E-state index contributed by atoms with van der Waals surface area (Å²) >= 11 is 0. The fourth-order valence-corrected chi connectivity index (χ4v) is 3.99. The summed E-state index contributed by atoms with van der Waals surface area (Å²) in [6, 6.07) is 0. The summed E-state index contributed by atoms with van der Waals surface area (Å²) in [6.07, 6.45) is 11.8. The number of aromatic nitrogens is 3. The minimum absolute atomic E-state index is 0.000521. The molecule has 2 aliphatic rings. The average molecular weight is 440 g/mol. The lowest BCUT2D eigenvalue weighted by atomic mass is 9.97. The maximum Gasteiger partial charge on any atom is 0.274 e. The van der Waals surface area contributed by atoms with Crippen molar-refractivity contribution in [2.45, 2.75) is 39.2 Å². The fourth-order valence-electron chi connectivity index (χ4n) is 3.99. The molecule has 1 amide bonds. The zero-order chi connectivity index (χ0) is 23.1. The molecule has 7 nitrogen and oxygen atoms in total. The smallest absolute Gasteiger partial charge is 0.274 e. The first-order valence-corrected chi connectivity index (χ1v) is 10.9. The number of nitrogens with one attached hydrogen (secondary N) is 2. The van der Waals surface area contributed by atoms with E-state index in [-0.39, 0.29) is 30.2 Å². The normalized spacial score (nSPS) is 22.0. The predicted octanol–water partition coefficient (Wildman–Crippen LogP) is 3.08. The first kappa shape index (κ1) is 23.5. The first-order chi connectivity index (χ1) is 15.4. The van der Waals surface area contributed by atoms with E-state index in [1.165, 1.54) is 11.6 Å². The van der Waals surface area contributed by atoms with Crippen LogP contribution < -0.4 is 10.9 Å². The van der Waals surface area contributed by atoms with Crippen molar-refractivity contribution in [3.63, 3.8) is 0 Å². The second-order valence-corrected chi connectivity index (χ2v) is 8.16. The van der Waals surface area contributed by atoms with Crippen LogP contribution in [0.25, 0.3) is 0 Å². The topological polar surface area (TPSA) is 91.0 Å². The van der Waals surface area contributed by atoms with Gasteiger partial charge in [0.05, 0.1) is 12.1 Å². The Labute approximate surface area is 187 Å². The molecule has 0 aromatic carbocycles. The highest BCUT2D eigenvalue weighted by Crippen LogP contribution is 2.30. The van der Waals surface area contributed by atoms with Crippen LogP contribution in [-0.4, -0.2) is 45.6 Å². The van der Waals surface area contributed by atoms with Gasteiger partial charge in [0.25, 0.3) is 11.5 Å². The molecule has 3 rings (SSSR count). The minimum atomic E-state index is -0.561. The number of hydrogen-bond donors (Lipinski definition) is 2. The molecule has 1 aromatic rings. The maximum absolute atomic E-state index is 13.8. The van der Waals surface area contributed by atoms with Crippen molar-refractivity contribution in [3.05, 3.63) is 81.9 Å². The molecule has 1 saturated heterocycles. The Morgan fingerprint density at radius 3 is 2.91 bits per heavy atom. The highest BCUT2D eigenvalue weighted by molar-refractivity contribution is 5.96. The lowest BCUT2D eigenvalue weighted by Crippen LogP contribution is -2.31. The number of halogens is 1. The van der Waals surface area contributed by atoms with Crippen molar-refractivity contribution >= 4 is 5.91 Å². The summed E-state index contributed by atoms with van der Waals surface area (Å²) in [7, 11) is 0. The molecule has 0 saturated carbocycles. The third kappa shape index (κ3) is 5.76.